The number of carboxylic acids is 8. The summed E-state index contributed by atoms with van der Waals surface area (Å²) in [5.41, 5.74) is 4.07. The average Bonchev–Trinajstić information content (AvgIpc) is 1.60. The predicted molar refractivity (Wildman–Crippen MR) is 332 cm³/mol. The van der Waals surface area contributed by atoms with Gasteiger partial charge in [-0.05, 0) is 119 Å². The molecule has 8 bridgehead atoms. The minimum atomic E-state index is -1.54. The number of rotatable bonds is 24. The minimum absolute atomic E-state index is 0.189. The molecule has 2 aliphatic heterocycles. The fourth-order valence-electron chi connectivity index (χ4n) is 9.99. The van der Waals surface area contributed by atoms with Crippen LogP contribution in [0.5, 0.6) is 23.0 Å². The van der Waals surface area contributed by atoms with Crippen LogP contribution >= 0.6 is 0 Å². The van der Waals surface area contributed by atoms with Gasteiger partial charge < -0.3 is 69.8 Å². The summed E-state index contributed by atoms with van der Waals surface area (Å²) in [6.07, 6.45) is 1.11. The van der Waals surface area contributed by atoms with Crippen LogP contribution in [0.2, 0.25) is 0 Å². The molecular weight excluding hydrogens is 1260 g/mol. The molecule has 0 radical (unpaired) electrons. The lowest BCUT2D eigenvalue weighted by atomic mass is 10.0. The number of aromatic amines is 2. The highest BCUT2D eigenvalue weighted by molar-refractivity contribution is 6.01. The number of nitrogens with one attached hydrogen (secondary N) is 2. The maximum atomic E-state index is 13.4. The summed E-state index contributed by atoms with van der Waals surface area (Å²) in [4.78, 5) is 166. The Labute approximate surface area is 537 Å². The first kappa shape index (κ1) is 66.7. The molecule has 4 aromatic carbocycles. The summed E-state index contributed by atoms with van der Waals surface area (Å²) in [7, 11) is 0. The van der Waals surface area contributed by atoms with Gasteiger partial charge in [0.2, 0.25) is 0 Å². The maximum Gasteiger partial charge on any atom is 0.416 e. The van der Waals surface area contributed by atoms with E-state index >= 15 is 0 Å². The van der Waals surface area contributed by atoms with Crippen LogP contribution in [0.4, 0.5) is 19.2 Å². The first-order chi connectivity index (χ1) is 45.7. The molecule has 490 valence electrons. The van der Waals surface area contributed by atoms with Crippen LogP contribution in [-0.4, -0.2) is 205 Å². The van der Waals surface area contributed by atoms with Crippen molar-refractivity contribution in [3.05, 3.63) is 144 Å². The zero-order valence-electron chi connectivity index (χ0n) is 49.3. The number of hydrogen-bond acceptors (Lipinski definition) is 18. The summed E-state index contributed by atoms with van der Waals surface area (Å²) < 4.78 is 22.3. The zero-order chi connectivity index (χ0) is 69.1. The maximum absolute atomic E-state index is 13.4. The van der Waals surface area contributed by atoms with Crippen LogP contribution < -0.4 is 18.9 Å². The molecule has 9 rings (SSSR count). The lowest BCUT2D eigenvalue weighted by Gasteiger charge is -2.18. The van der Waals surface area contributed by atoms with Gasteiger partial charge in [-0.3, -0.25) is 58.0 Å². The highest BCUT2D eigenvalue weighted by atomic mass is 16.6. The third kappa shape index (κ3) is 16.6. The lowest BCUT2D eigenvalue weighted by Crippen LogP contribution is -2.41. The molecule has 0 unspecified atom stereocenters. The third-order valence-corrected chi connectivity index (χ3v) is 13.7. The predicted octanol–water partition coefficient (Wildman–Crippen LogP) is 7.20. The molecule has 0 saturated carbocycles. The smallest absolute Gasteiger partial charge is 0.416 e. The van der Waals surface area contributed by atoms with Crippen molar-refractivity contribution in [3.8, 4) is 67.5 Å². The Balaban J connectivity index is 1.34. The molecule has 7 aromatic rings. The zero-order valence-corrected chi connectivity index (χ0v) is 49.3. The van der Waals surface area contributed by atoms with Gasteiger partial charge in [-0.2, -0.15) is 0 Å². The molecule has 32 heteroatoms. The van der Waals surface area contributed by atoms with Crippen LogP contribution in [0, 0.1) is 0 Å². The second kappa shape index (κ2) is 29.1. The van der Waals surface area contributed by atoms with Gasteiger partial charge in [-0.25, -0.2) is 29.1 Å². The van der Waals surface area contributed by atoms with Gasteiger partial charge in [-0.15, -0.1) is 0 Å². The van der Waals surface area contributed by atoms with Gasteiger partial charge in [0.15, 0.2) is 0 Å². The number of hydrogen-bond donors (Lipinski definition) is 10. The van der Waals surface area contributed by atoms with Crippen molar-refractivity contribution < 1.29 is 117 Å². The van der Waals surface area contributed by atoms with Crippen LogP contribution in [0.1, 0.15) is 22.8 Å². The molecular formula is C64H50N8O24. The Morgan fingerprint density at radius 1 is 0.292 bits per heavy atom. The fraction of sp³-hybridized carbons (Fsp3) is 0.125. The SMILES string of the molecule is O=C(O)CN(CC(=O)O)C(=O)Oc1cccc(-c2c3nc(c(-c4cccc(OC(=O)N(CC(=O)O)CC(=O)O)c4)c4ccc([nH]4)c(-c4cccc(OC(=O)N(CC(=O)O)CC(=O)O)c4)c4nc(c(-c5cccc(OC(=O)N(CC(=O)O)CC(=O)O)c5)c5ccc2[nH]5)C=C4)C=C3)c1. The van der Waals surface area contributed by atoms with Crippen molar-refractivity contribution in [2.75, 3.05) is 52.4 Å². The standard InChI is InChI=1S/C64H50N8O24/c73-49(74)25-69(26-50(75)76)61(89)93-37-9-1-5-33(21-37)57-41-13-15-43(65-41)58(34-6-2-10-38(22-34)94-62(90)70(27-51(77)78)28-52(79)80)45-17-19-47(67-45)60(36-8-4-12-40(24-36)96-64(92)72(31-55(85)86)32-56(87)88)48-20-18-46(68-48)59(44-16-14-42(57)66-44)35-7-3-11-39(23-35)95-63(91)71(29-53(81)82)30-54(83)84/h1-24,65,68H,25-32H2,(H,73,74)(H,75,76)(H,77,78)(H,79,80)(H,81,82)(H,83,84)(H,85,86)(H,87,88). The van der Waals surface area contributed by atoms with E-state index in [0.29, 0.717) is 19.6 Å². The van der Waals surface area contributed by atoms with Crippen LogP contribution in [-0.2, 0) is 38.4 Å². The first-order valence-electron chi connectivity index (χ1n) is 27.9. The van der Waals surface area contributed by atoms with Crippen LogP contribution in [0.15, 0.2) is 121 Å². The van der Waals surface area contributed by atoms with Crippen LogP contribution in [0.25, 0.3) is 90.9 Å². The van der Waals surface area contributed by atoms with Crippen molar-refractivity contribution >= 4 is 118 Å². The molecule has 3 aromatic heterocycles. The van der Waals surface area contributed by atoms with Gasteiger partial charge in [-0.1, -0.05) is 48.5 Å². The molecule has 0 atom stereocenters. The summed E-state index contributed by atoms with van der Waals surface area (Å²) in [5, 5.41) is 76.1. The number of amides is 4. The number of benzene rings is 4. The number of nitrogens with zero attached hydrogens (tertiary/aromatic N) is 6. The molecule has 32 nitrogen and oxygen atoms in total. The number of carboxylic acid groups (broad SMARTS) is 8. The molecule has 5 heterocycles. The quantitative estimate of drug-likeness (QED) is 0.0286. The third-order valence-electron chi connectivity index (χ3n) is 13.7. The van der Waals surface area contributed by atoms with Crippen molar-refractivity contribution in [1.82, 2.24) is 39.5 Å². The molecule has 0 fully saturated rings. The van der Waals surface area contributed by atoms with Crippen molar-refractivity contribution in [3.63, 3.8) is 0 Å². The molecule has 0 spiro atoms. The van der Waals surface area contributed by atoms with Gasteiger partial charge in [0.1, 0.15) is 75.4 Å². The monoisotopic (exact) mass is 1310 g/mol. The van der Waals surface area contributed by atoms with Crippen molar-refractivity contribution in [2.24, 2.45) is 0 Å². The van der Waals surface area contributed by atoms with E-state index in [1.807, 2.05) is 0 Å². The summed E-state index contributed by atoms with van der Waals surface area (Å²) in [6.45, 7) is -8.30. The van der Waals surface area contributed by atoms with Crippen molar-refractivity contribution in [2.45, 2.75) is 0 Å². The second-order valence-corrected chi connectivity index (χ2v) is 20.7. The van der Waals surface area contributed by atoms with E-state index in [4.69, 9.17) is 28.9 Å². The Morgan fingerprint density at radius 2 is 0.479 bits per heavy atom. The largest absolute Gasteiger partial charge is 0.480 e. The average molecular weight is 1320 g/mol. The topological polar surface area (TPSA) is 474 Å². The van der Waals surface area contributed by atoms with E-state index in [9.17, 15) is 98.4 Å². The van der Waals surface area contributed by atoms with Gasteiger partial charge >= 0.3 is 72.1 Å². The number of aliphatic carboxylic acids is 8. The summed E-state index contributed by atoms with van der Waals surface area (Å²) in [5.74, 6) is -13.0. The highest BCUT2D eigenvalue weighted by Gasteiger charge is 2.28. The Bertz CT molecular complexity index is 4000. The Morgan fingerprint density at radius 3 is 0.656 bits per heavy atom. The van der Waals surface area contributed by atoms with E-state index in [0.717, 1.165) is 0 Å². The normalized spacial score (nSPS) is 11.2. The number of carbonyl (C=O) groups is 12. The molecule has 0 aliphatic carbocycles. The van der Waals surface area contributed by atoms with Gasteiger partial charge in [0.25, 0.3) is 0 Å². The van der Waals surface area contributed by atoms with Gasteiger partial charge in [0.05, 0.1) is 22.8 Å². The van der Waals surface area contributed by atoms with E-state index in [1.54, 1.807) is 72.8 Å². The number of ether oxygens (including phenoxy) is 4. The Hall–Kier alpha value is -13.7. The summed E-state index contributed by atoms with van der Waals surface area (Å²) in [6, 6.07) is 29.8. The van der Waals surface area contributed by atoms with Crippen LogP contribution in [0.3, 0.4) is 0 Å². The van der Waals surface area contributed by atoms with E-state index in [-0.39, 0.29) is 112 Å². The lowest BCUT2D eigenvalue weighted by molar-refractivity contribution is -0.142. The van der Waals surface area contributed by atoms with Crippen molar-refractivity contribution in [1.29, 1.82) is 0 Å². The molecule has 10 N–H and O–H groups in total. The molecule has 96 heavy (non-hydrogen) atoms. The minimum Gasteiger partial charge on any atom is -0.480 e. The highest BCUT2D eigenvalue weighted by Crippen LogP contribution is 2.41. The van der Waals surface area contributed by atoms with E-state index < -0.39 is 124 Å². The molecule has 4 amide bonds. The van der Waals surface area contributed by atoms with E-state index in [1.165, 1.54) is 72.8 Å². The molecule has 0 saturated heterocycles. The molecule has 2 aliphatic rings. The van der Waals surface area contributed by atoms with Gasteiger partial charge in [0, 0.05) is 44.3 Å². The number of carbonyl (C=O) groups excluding carboxylic acids is 4. The number of aromatic nitrogens is 4. The van der Waals surface area contributed by atoms with E-state index in [2.05, 4.69) is 9.97 Å². The number of H-pyrrole nitrogens is 2. The Kier molecular flexibility index (Phi) is 20.2. The summed E-state index contributed by atoms with van der Waals surface area (Å²) >= 11 is 0. The number of fused-ring (bicyclic) bond motifs is 8. The fourth-order valence-corrected chi connectivity index (χ4v) is 9.99. The second-order valence-electron chi connectivity index (χ2n) is 20.7. The first-order valence-corrected chi connectivity index (χ1v) is 27.9.